The highest BCUT2D eigenvalue weighted by atomic mass is 16.5. The molecule has 22 heavy (non-hydrogen) atoms. The van der Waals surface area contributed by atoms with Crippen LogP contribution in [0, 0.1) is 0 Å². The lowest BCUT2D eigenvalue weighted by molar-refractivity contribution is -0.141. The molecule has 3 N–H and O–H groups in total. The van der Waals surface area contributed by atoms with Gasteiger partial charge in [-0.25, -0.2) is 0 Å². The number of rotatable bonds is 5. The molecule has 0 saturated heterocycles. The van der Waals surface area contributed by atoms with Crippen LogP contribution in [0.2, 0.25) is 0 Å². The van der Waals surface area contributed by atoms with Gasteiger partial charge in [0.2, 0.25) is 5.91 Å². The van der Waals surface area contributed by atoms with Gasteiger partial charge in [0.25, 0.3) is 0 Å². The Morgan fingerprint density at radius 1 is 1.23 bits per heavy atom. The third kappa shape index (κ3) is 5.40. The van der Waals surface area contributed by atoms with E-state index in [1.54, 1.807) is 13.8 Å². The van der Waals surface area contributed by atoms with Gasteiger partial charge in [-0.15, -0.1) is 0 Å². The third-order valence-electron chi connectivity index (χ3n) is 2.81. The Morgan fingerprint density at radius 2 is 1.86 bits per heavy atom. The predicted octanol–water partition coefficient (Wildman–Crippen LogP) is 1.47. The van der Waals surface area contributed by atoms with Crippen LogP contribution >= 0.6 is 0 Å². The molecule has 1 aromatic carbocycles. The first-order chi connectivity index (χ1) is 10.5. The number of nitrogens with zero attached hydrogens (tertiary/aromatic N) is 1. The maximum absolute atomic E-state index is 11.4. The second-order valence-electron chi connectivity index (χ2n) is 4.56. The number of esters is 1. The highest BCUT2D eigenvalue weighted by molar-refractivity contribution is 6.11. The fraction of sp³-hybridized carbons (Fsp3) is 0.312. The molecule has 0 radical (unpaired) electrons. The van der Waals surface area contributed by atoms with Gasteiger partial charge in [0.15, 0.2) is 0 Å². The van der Waals surface area contributed by atoms with Crippen LogP contribution in [0.4, 0.5) is 0 Å². The lowest BCUT2D eigenvalue weighted by atomic mass is 10.1. The molecule has 1 aromatic rings. The first-order valence-corrected chi connectivity index (χ1v) is 6.95. The van der Waals surface area contributed by atoms with E-state index in [0.29, 0.717) is 11.3 Å². The van der Waals surface area contributed by atoms with E-state index in [1.807, 2.05) is 30.3 Å². The minimum absolute atomic E-state index is 0.178. The summed E-state index contributed by atoms with van der Waals surface area (Å²) in [7, 11) is 0. The first kappa shape index (κ1) is 17.4. The maximum Gasteiger partial charge on any atom is 0.327 e. The van der Waals surface area contributed by atoms with E-state index in [2.05, 4.69) is 10.3 Å². The summed E-state index contributed by atoms with van der Waals surface area (Å²) < 4.78 is 4.82. The molecular formula is C16H21N3O3. The highest BCUT2D eigenvalue weighted by Crippen LogP contribution is 2.13. The largest absolute Gasteiger partial charge is 0.465 e. The van der Waals surface area contributed by atoms with Gasteiger partial charge < -0.3 is 15.8 Å². The van der Waals surface area contributed by atoms with Gasteiger partial charge in [-0.3, -0.25) is 14.6 Å². The van der Waals surface area contributed by atoms with Gasteiger partial charge >= 0.3 is 5.97 Å². The van der Waals surface area contributed by atoms with E-state index in [4.69, 9.17) is 10.5 Å². The van der Waals surface area contributed by atoms with E-state index < -0.39 is 5.97 Å². The van der Waals surface area contributed by atoms with E-state index in [0.717, 1.165) is 5.56 Å². The van der Waals surface area contributed by atoms with Crippen molar-refractivity contribution < 1.29 is 14.3 Å². The first-order valence-electron chi connectivity index (χ1n) is 6.95. The molecule has 0 saturated carbocycles. The Morgan fingerprint density at radius 3 is 2.41 bits per heavy atom. The van der Waals surface area contributed by atoms with Gasteiger partial charge in [0.05, 0.1) is 6.61 Å². The Hall–Kier alpha value is -2.63. The van der Waals surface area contributed by atoms with Gasteiger partial charge in [0.1, 0.15) is 12.4 Å². The van der Waals surface area contributed by atoms with Crippen LogP contribution in [-0.4, -0.2) is 30.9 Å². The number of amidine groups is 1. The Bertz CT molecular complexity index is 592. The van der Waals surface area contributed by atoms with Crippen molar-refractivity contribution in [2.75, 3.05) is 13.2 Å². The molecule has 0 heterocycles. The van der Waals surface area contributed by atoms with Crippen molar-refractivity contribution in [1.82, 2.24) is 5.32 Å². The fourth-order valence-electron chi connectivity index (χ4n) is 1.73. The molecule has 0 unspecified atom stereocenters. The molecule has 0 aliphatic rings. The molecule has 0 spiro atoms. The van der Waals surface area contributed by atoms with Crippen LogP contribution < -0.4 is 11.1 Å². The summed E-state index contributed by atoms with van der Waals surface area (Å²) >= 11 is 0. The maximum atomic E-state index is 11.4. The minimum Gasteiger partial charge on any atom is -0.465 e. The summed E-state index contributed by atoms with van der Waals surface area (Å²) in [5.41, 5.74) is 8.00. The molecule has 1 amide bonds. The number of nitrogens with two attached hydrogens (primary N) is 1. The highest BCUT2D eigenvalue weighted by Gasteiger charge is 2.11. The summed E-state index contributed by atoms with van der Waals surface area (Å²) in [6.07, 6.45) is 0. The molecule has 0 aromatic heterocycles. The quantitative estimate of drug-likeness (QED) is 0.489. The molecule has 0 aliphatic carbocycles. The zero-order chi connectivity index (χ0) is 16.5. The van der Waals surface area contributed by atoms with Crippen molar-refractivity contribution in [3.63, 3.8) is 0 Å². The number of benzene rings is 1. The molecule has 6 heteroatoms. The number of hydrogen-bond acceptors (Lipinski definition) is 5. The number of carbonyl (C=O) groups excluding carboxylic acids is 2. The monoisotopic (exact) mass is 303 g/mol. The van der Waals surface area contributed by atoms with E-state index in [1.165, 1.54) is 6.92 Å². The molecule has 0 fully saturated rings. The van der Waals surface area contributed by atoms with E-state index in [9.17, 15) is 9.59 Å². The topological polar surface area (TPSA) is 93.8 Å². The average Bonchev–Trinajstić information content (AvgIpc) is 2.50. The van der Waals surface area contributed by atoms with Crippen LogP contribution in [0.3, 0.4) is 0 Å². The Balaban J connectivity index is 3.07. The van der Waals surface area contributed by atoms with Gasteiger partial charge in [-0.1, -0.05) is 30.3 Å². The zero-order valence-corrected chi connectivity index (χ0v) is 13.1. The van der Waals surface area contributed by atoms with Crippen LogP contribution in [0.15, 0.2) is 40.9 Å². The van der Waals surface area contributed by atoms with Crippen molar-refractivity contribution in [3.05, 3.63) is 41.5 Å². The van der Waals surface area contributed by atoms with Crippen LogP contribution in [0.25, 0.3) is 5.70 Å². The second kappa shape index (κ2) is 8.61. The van der Waals surface area contributed by atoms with Crippen molar-refractivity contribution >= 4 is 23.4 Å². The summed E-state index contributed by atoms with van der Waals surface area (Å²) in [4.78, 5) is 26.8. The minimum atomic E-state index is -0.462. The van der Waals surface area contributed by atoms with Crippen molar-refractivity contribution in [2.45, 2.75) is 20.8 Å². The number of aliphatic imine (C=N–C) groups is 1. The van der Waals surface area contributed by atoms with Gasteiger partial charge in [-0.05, 0) is 19.4 Å². The smallest absolute Gasteiger partial charge is 0.327 e. The second-order valence-corrected chi connectivity index (χ2v) is 4.56. The van der Waals surface area contributed by atoms with E-state index >= 15 is 0 Å². The Kier molecular flexibility index (Phi) is 6.82. The van der Waals surface area contributed by atoms with Crippen molar-refractivity contribution in [3.8, 4) is 0 Å². The molecular weight excluding hydrogens is 282 g/mol. The summed E-state index contributed by atoms with van der Waals surface area (Å²) in [5.74, 6) is -0.485. The SMILES string of the molecule is CCOC(=O)CN=C(NC(C)=O)C(C)=C(N)c1ccccc1. The van der Waals surface area contributed by atoms with Gasteiger partial charge in [0, 0.05) is 18.2 Å². The summed E-state index contributed by atoms with van der Waals surface area (Å²) in [6, 6.07) is 9.33. The standard InChI is InChI=1S/C16H21N3O3/c1-4-22-14(21)10-18-16(19-12(3)20)11(2)15(17)13-8-6-5-7-9-13/h5-9H,4,10,17H2,1-3H3,(H,18,19,20). The third-order valence-corrected chi connectivity index (χ3v) is 2.81. The number of nitrogens with one attached hydrogen (secondary N) is 1. The lowest BCUT2D eigenvalue weighted by Gasteiger charge is -2.12. The number of amides is 1. The van der Waals surface area contributed by atoms with Crippen molar-refractivity contribution in [1.29, 1.82) is 0 Å². The molecule has 1 rings (SSSR count). The lowest BCUT2D eigenvalue weighted by Crippen LogP contribution is -2.31. The fourth-order valence-corrected chi connectivity index (χ4v) is 1.73. The number of ether oxygens (including phenoxy) is 1. The number of carbonyl (C=O) groups is 2. The van der Waals surface area contributed by atoms with Gasteiger partial charge in [-0.2, -0.15) is 0 Å². The van der Waals surface area contributed by atoms with Crippen LogP contribution in [0.5, 0.6) is 0 Å². The zero-order valence-electron chi connectivity index (χ0n) is 13.1. The summed E-state index contributed by atoms with van der Waals surface area (Å²) in [6.45, 7) is 4.93. The molecule has 0 aliphatic heterocycles. The van der Waals surface area contributed by atoms with Crippen LogP contribution in [-0.2, 0) is 14.3 Å². The molecule has 6 nitrogen and oxygen atoms in total. The van der Waals surface area contributed by atoms with E-state index in [-0.39, 0.29) is 24.9 Å². The molecule has 0 bridgehead atoms. The predicted molar refractivity (Wildman–Crippen MR) is 86.0 cm³/mol. The van der Waals surface area contributed by atoms with Crippen molar-refractivity contribution in [2.24, 2.45) is 10.7 Å². The molecule has 118 valence electrons. The number of hydrogen-bond donors (Lipinski definition) is 2. The normalized spacial score (nSPS) is 12.4. The average molecular weight is 303 g/mol. The van der Waals surface area contributed by atoms with Crippen LogP contribution in [0.1, 0.15) is 26.3 Å². The molecule has 0 atom stereocenters. The Labute approximate surface area is 130 Å². The summed E-state index contributed by atoms with van der Waals surface area (Å²) in [5, 5.41) is 2.59.